The molecule has 1 aromatic heterocycles. The number of fused-ring (bicyclic) bond motifs is 4. The van der Waals surface area contributed by atoms with Crippen LogP contribution in [0.25, 0.3) is 0 Å². The molecule has 0 unspecified atom stereocenters. The Kier molecular flexibility index (Phi) is 4.73. The Bertz CT molecular complexity index is 826. The van der Waals surface area contributed by atoms with Crippen LogP contribution in [0.5, 0.6) is 0 Å². The molecular weight excluding hydrogens is 356 g/mol. The van der Waals surface area contributed by atoms with Crippen LogP contribution in [0.1, 0.15) is 56.0 Å². The first kappa shape index (κ1) is 18.1. The predicted molar refractivity (Wildman–Crippen MR) is 116 cm³/mol. The van der Waals surface area contributed by atoms with Crippen LogP contribution >= 0.6 is 0 Å². The summed E-state index contributed by atoms with van der Waals surface area (Å²) < 4.78 is 2.46. The lowest BCUT2D eigenvalue weighted by Crippen LogP contribution is -2.63. The molecule has 1 aliphatic carbocycles. The number of nitrogens with zero attached hydrogens (tertiary/aromatic N) is 4. The molecule has 4 fully saturated rings. The summed E-state index contributed by atoms with van der Waals surface area (Å²) in [4.78, 5) is 10.4. The molecule has 4 aliphatic rings. The van der Waals surface area contributed by atoms with Gasteiger partial charge in [0.25, 0.3) is 0 Å². The van der Waals surface area contributed by atoms with Gasteiger partial charge < -0.3 is 4.57 Å². The molecule has 29 heavy (non-hydrogen) atoms. The smallest absolute Gasteiger partial charge is 0.123 e. The van der Waals surface area contributed by atoms with Gasteiger partial charge >= 0.3 is 0 Å². The summed E-state index contributed by atoms with van der Waals surface area (Å²) in [5, 5.41) is 0. The van der Waals surface area contributed by atoms with E-state index in [1.807, 2.05) is 6.20 Å². The van der Waals surface area contributed by atoms with Gasteiger partial charge in [-0.3, -0.25) is 9.80 Å². The zero-order valence-corrected chi connectivity index (χ0v) is 17.5. The van der Waals surface area contributed by atoms with Gasteiger partial charge in [-0.25, -0.2) is 4.98 Å². The molecule has 4 nitrogen and oxygen atoms in total. The normalized spacial score (nSPS) is 32.8. The number of hydrogen-bond acceptors (Lipinski definition) is 3. The quantitative estimate of drug-likeness (QED) is 0.767. The highest BCUT2D eigenvalue weighted by Gasteiger charge is 2.47. The first-order valence-electron chi connectivity index (χ1n) is 11.9. The first-order chi connectivity index (χ1) is 14.3. The van der Waals surface area contributed by atoms with Gasteiger partial charge in [-0.2, -0.15) is 0 Å². The zero-order valence-electron chi connectivity index (χ0n) is 17.5. The Morgan fingerprint density at radius 2 is 1.83 bits per heavy atom. The number of likely N-dealkylation sites (tertiary alicyclic amines) is 1. The van der Waals surface area contributed by atoms with Gasteiger partial charge in [0.15, 0.2) is 0 Å². The van der Waals surface area contributed by atoms with Crippen molar-refractivity contribution >= 4 is 0 Å². The summed E-state index contributed by atoms with van der Waals surface area (Å²) in [7, 11) is 0. The van der Waals surface area contributed by atoms with E-state index in [1.54, 1.807) is 0 Å². The summed E-state index contributed by atoms with van der Waals surface area (Å²) in [6, 6.07) is 13.5. The zero-order chi connectivity index (χ0) is 19.2. The molecule has 4 heteroatoms. The van der Waals surface area contributed by atoms with Crippen LogP contribution in [-0.2, 0) is 13.0 Å². The number of piperidine rings is 3. The highest BCUT2D eigenvalue weighted by molar-refractivity contribution is 5.17. The third-order valence-electron chi connectivity index (χ3n) is 8.04. The van der Waals surface area contributed by atoms with Crippen molar-refractivity contribution in [3.8, 4) is 0 Å². The van der Waals surface area contributed by atoms with E-state index in [-0.39, 0.29) is 0 Å². The molecule has 1 aromatic carbocycles. The fraction of sp³-hybridized carbons (Fsp3) is 0.640. The second-order valence-electron chi connectivity index (χ2n) is 9.99. The number of benzene rings is 1. The van der Waals surface area contributed by atoms with E-state index >= 15 is 0 Å². The molecule has 3 saturated heterocycles. The molecule has 0 radical (unpaired) electrons. The number of aromatic nitrogens is 2. The van der Waals surface area contributed by atoms with Gasteiger partial charge in [-0.15, -0.1) is 0 Å². The van der Waals surface area contributed by atoms with E-state index in [2.05, 4.69) is 50.9 Å². The van der Waals surface area contributed by atoms with Gasteiger partial charge in [-0.05, 0) is 62.5 Å². The van der Waals surface area contributed by atoms with Crippen LogP contribution < -0.4 is 0 Å². The van der Waals surface area contributed by atoms with Crippen LogP contribution in [0.2, 0.25) is 0 Å². The number of hydrogen-bond donors (Lipinski definition) is 0. The van der Waals surface area contributed by atoms with Crippen LogP contribution in [0.3, 0.4) is 0 Å². The van der Waals surface area contributed by atoms with Crippen molar-refractivity contribution in [2.24, 2.45) is 11.8 Å². The summed E-state index contributed by atoms with van der Waals surface area (Å²) in [5.41, 5.74) is 1.52. The second-order valence-corrected chi connectivity index (χ2v) is 9.99. The fourth-order valence-electron chi connectivity index (χ4n) is 6.62. The lowest BCUT2D eigenvalue weighted by Gasteiger charge is -2.57. The lowest BCUT2D eigenvalue weighted by molar-refractivity contribution is -0.0735. The Morgan fingerprint density at radius 1 is 0.966 bits per heavy atom. The van der Waals surface area contributed by atoms with E-state index < -0.39 is 0 Å². The van der Waals surface area contributed by atoms with E-state index in [9.17, 15) is 0 Å². The van der Waals surface area contributed by atoms with Gasteiger partial charge in [-0.1, -0.05) is 36.8 Å². The maximum absolute atomic E-state index is 4.74. The third-order valence-corrected chi connectivity index (χ3v) is 8.04. The van der Waals surface area contributed by atoms with Gasteiger partial charge in [0.05, 0.1) is 6.54 Å². The molecule has 0 N–H and O–H groups in total. The maximum atomic E-state index is 4.74. The number of imidazole rings is 1. The van der Waals surface area contributed by atoms with Crippen molar-refractivity contribution in [3.05, 3.63) is 54.1 Å². The van der Waals surface area contributed by atoms with Crippen molar-refractivity contribution in [1.29, 1.82) is 0 Å². The minimum Gasteiger partial charge on any atom is -0.331 e. The van der Waals surface area contributed by atoms with Crippen LogP contribution in [0.4, 0.5) is 0 Å². The number of rotatable bonds is 5. The first-order valence-corrected chi connectivity index (χ1v) is 11.9. The molecule has 6 rings (SSSR count). The van der Waals surface area contributed by atoms with Crippen molar-refractivity contribution in [2.45, 2.75) is 69.6 Å². The van der Waals surface area contributed by atoms with Gasteiger partial charge in [0.2, 0.25) is 0 Å². The second kappa shape index (κ2) is 7.55. The largest absolute Gasteiger partial charge is 0.331 e. The predicted octanol–water partition coefficient (Wildman–Crippen LogP) is 4.14. The lowest BCUT2D eigenvalue weighted by atomic mass is 9.71. The van der Waals surface area contributed by atoms with Crippen LogP contribution in [0, 0.1) is 11.8 Å². The van der Waals surface area contributed by atoms with Crippen molar-refractivity contribution < 1.29 is 0 Å². The Balaban J connectivity index is 1.23. The monoisotopic (exact) mass is 390 g/mol. The average Bonchev–Trinajstić information content (AvgIpc) is 3.51. The summed E-state index contributed by atoms with van der Waals surface area (Å²) in [6.45, 7) is 4.88. The third kappa shape index (κ3) is 3.55. The standard InChI is InChI=1S/C25H34N4/c1-2-6-19(7-3-1)14-24-21-15-20(23-8-4-5-12-29(23)24)16-27(17-21)18-25-26-11-13-28(25)22-9-10-22/h1-3,6-7,11,13,20-24H,4-5,8-10,12,14-18H2/t20-,21+,23+,24+/m1/s1. The minimum atomic E-state index is 0.713. The van der Waals surface area contributed by atoms with E-state index in [1.165, 1.54) is 76.0 Å². The average molecular weight is 391 g/mol. The summed E-state index contributed by atoms with van der Waals surface area (Å²) in [5.74, 6) is 2.95. The Labute approximate surface area is 174 Å². The highest BCUT2D eigenvalue weighted by atomic mass is 15.3. The highest BCUT2D eigenvalue weighted by Crippen LogP contribution is 2.42. The molecule has 0 spiro atoms. The molecule has 4 atom stereocenters. The summed E-state index contributed by atoms with van der Waals surface area (Å²) >= 11 is 0. The minimum absolute atomic E-state index is 0.713. The molecule has 2 aromatic rings. The molecule has 1 saturated carbocycles. The van der Waals surface area contributed by atoms with Crippen molar-refractivity contribution in [3.63, 3.8) is 0 Å². The molecule has 0 amide bonds. The van der Waals surface area contributed by atoms with E-state index in [0.717, 1.165) is 30.5 Å². The molecule has 4 heterocycles. The van der Waals surface area contributed by atoms with Crippen LogP contribution in [0.15, 0.2) is 42.7 Å². The molecule has 2 bridgehead atoms. The Hall–Kier alpha value is -1.65. The van der Waals surface area contributed by atoms with Crippen molar-refractivity contribution in [2.75, 3.05) is 19.6 Å². The summed E-state index contributed by atoms with van der Waals surface area (Å²) in [6.07, 6.45) is 13.8. The SMILES string of the molecule is c1ccc(C[C@H]2[C@H]3C[C@H](CN(Cc4nccn4C4CC4)C3)[C@@H]3CCCCN32)cc1. The molecular formula is C25H34N4. The molecule has 154 valence electrons. The van der Waals surface area contributed by atoms with Crippen LogP contribution in [-0.4, -0.2) is 51.1 Å². The van der Waals surface area contributed by atoms with E-state index in [4.69, 9.17) is 4.98 Å². The fourth-order valence-corrected chi connectivity index (χ4v) is 6.62. The topological polar surface area (TPSA) is 24.3 Å². The molecule has 3 aliphatic heterocycles. The van der Waals surface area contributed by atoms with Gasteiger partial charge in [0, 0.05) is 43.6 Å². The van der Waals surface area contributed by atoms with E-state index in [0.29, 0.717) is 6.04 Å². The maximum Gasteiger partial charge on any atom is 0.123 e. The van der Waals surface area contributed by atoms with Crippen molar-refractivity contribution in [1.82, 2.24) is 19.4 Å². The van der Waals surface area contributed by atoms with Gasteiger partial charge in [0.1, 0.15) is 5.82 Å². The Morgan fingerprint density at radius 3 is 2.69 bits per heavy atom.